The van der Waals surface area contributed by atoms with Gasteiger partial charge in [-0.15, -0.1) is 0 Å². The lowest BCUT2D eigenvalue weighted by molar-refractivity contribution is -0.137. The highest BCUT2D eigenvalue weighted by molar-refractivity contribution is 6.09. The average molecular weight is 399 g/mol. The van der Waals surface area contributed by atoms with Crippen molar-refractivity contribution in [1.29, 1.82) is 5.26 Å². The zero-order chi connectivity index (χ0) is 21.0. The van der Waals surface area contributed by atoms with E-state index in [0.29, 0.717) is 5.69 Å². The van der Waals surface area contributed by atoms with Gasteiger partial charge in [-0.05, 0) is 48.5 Å². The number of alkyl halides is 3. The van der Waals surface area contributed by atoms with Crippen molar-refractivity contribution < 1.29 is 22.4 Å². The van der Waals surface area contributed by atoms with Crippen molar-refractivity contribution in [2.45, 2.75) is 6.18 Å². The van der Waals surface area contributed by atoms with Crippen molar-refractivity contribution in [3.8, 4) is 11.8 Å². The van der Waals surface area contributed by atoms with E-state index in [1.807, 2.05) is 0 Å². The average Bonchev–Trinajstić information content (AvgIpc) is 3.14. The van der Waals surface area contributed by atoms with Crippen LogP contribution in [0.15, 0.2) is 72.4 Å². The topological polar surface area (TPSA) is 57.8 Å². The van der Waals surface area contributed by atoms with Gasteiger partial charge in [-0.3, -0.25) is 4.79 Å². The van der Waals surface area contributed by atoms with Crippen molar-refractivity contribution in [3.63, 3.8) is 0 Å². The van der Waals surface area contributed by atoms with E-state index in [2.05, 4.69) is 5.32 Å². The number of carbonyl (C=O) groups is 1. The number of rotatable bonds is 4. The van der Waals surface area contributed by atoms with Gasteiger partial charge in [-0.2, -0.15) is 18.4 Å². The zero-order valence-corrected chi connectivity index (χ0v) is 14.7. The molecule has 0 spiro atoms. The predicted octanol–water partition coefficient (Wildman–Crippen LogP) is 5.18. The molecule has 1 heterocycles. The van der Waals surface area contributed by atoms with Crippen LogP contribution in [0.1, 0.15) is 11.3 Å². The van der Waals surface area contributed by atoms with Crippen LogP contribution in [0, 0.1) is 17.1 Å². The molecule has 0 radical (unpaired) electrons. The molecule has 0 fully saturated rings. The Morgan fingerprint density at radius 3 is 2.52 bits per heavy atom. The Morgan fingerprint density at radius 1 is 1.07 bits per heavy atom. The van der Waals surface area contributed by atoms with Crippen LogP contribution in [0.4, 0.5) is 23.2 Å². The third-order valence-electron chi connectivity index (χ3n) is 4.00. The van der Waals surface area contributed by atoms with Crippen LogP contribution >= 0.6 is 0 Å². The van der Waals surface area contributed by atoms with E-state index in [0.717, 1.165) is 18.2 Å². The molecule has 3 aromatic rings. The minimum Gasteiger partial charge on any atom is -0.321 e. The Labute approximate surface area is 163 Å². The molecule has 0 aliphatic rings. The summed E-state index contributed by atoms with van der Waals surface area (Å²) in [4.78, 5) is 12.4. The lowest BCUT2D eigenvalue weighted by Gasteiger charge is -2.10. The first-order valence-electron chi connectivity index (χ1n) is 8.32. The first-order valence-corrected chi connectivity index (χ1v) is 8.32. The molecule has 0 aliphatic heterocycles. The highest BCUT2D eigenvalue weighted by atomic mass is 19.4. The third-order valence-corrected chi connectivity index (χ3v) is 4.00. The van der Waals surface area contributed by atoms with Gasteiger partial charge in [0.1, 0.15) is 17.5 Å². The van der Waals surface area contributed by atoms with Gasteiger partial charge in [0.05, 0.1) is 11.3 Å². The second-order valence-corrected chi connectivity index (χ2v) is 5.96. The predicted molar refractivity (Wildman–Crippen MR) is 99.4 cm³/mol. The molecule has 4 nitrogen and oxygen atoms in total. The Balaban J connectivity index is 1.89. The molecule has 0 unspecified atom stereocenters. The number of nitriles is 1. The van der Waals surface area contributed by atoms with Gasteiger partial charge < -0.3 is 9.88 Å². The lowest BCUT2D eigenvalue weighted by Crippen LogP contribution is -2.14. The van der Waals surface area contributed by atoms with Crippen LogP contribution in [0.5, 0.6) is 0 Å². The molecule has 0 aliphatic carbocycles. The number of hydrogen-bond acceptors (Lipinski definition) is 2. The number of anilines is 1. The summed E-state index contributed by atoms with van der Waals surface area (Å²) >= 11 is 0. The second-order valence-electron chi connectivity index (χ2n) is 5.96. The highest BCUT2D eigenvalue weighted by Crippen LogP contribution is 2.30. The van der Waals surface area contributed by atoms with E-state index in [1.54, 1.807) is 30.5 Å². The van der Waals surface area contributed by atoms with Crippen molar-refractivity contribution in [1.82, 2.24) is 4.57 Å². The zero-order valence-electron chi connectivity index (χ0n) is 14.7. The summed E-state index contributed by atoms with van der Waals surface area (Å²) < 4.78 is 53.9. The molecular weight excluding hydrogens is 386 g/mol. The molecule has 3 rings (SSSR count). The van der Waals surface area contributed by atoms with E-state index in [1.165, 1.54) is 34.9 Å². The SMILES string of the molecule is N#C/C(=C/c1cccn1-c1ccccc1F)C(=O)Nc1cccc(C(F)(F)F)c1. The largest absolute Gasteiger partial charge is 0.416 e. The summed E-state index contributed by atoms with van der Waals surface area (Å²) in [5, 5.41) is 11.6. The summed E-state index contributed by atoms with van der Waals surface area (Å²) in [7, 11) is 0. The van der Waals surface area contributed by atoms with E-state index in [9.17, 15) is 27.6 Å². The van der Waals surface area contributed by atoms with Crippen LogP contribution in [0.25, 0.3) is 11.8 Å². The number of carbonyl (C=O) groups excluding carboxylic acids is 1. The Kier molecular flexibility index (Phi) is 5.50. The standard InChI is InChI=1S/C21H13F4N3O/c22-18-8-1-2-9-19(18)28-10-4-7-17(28)11-14(13-26)20(29)27-16-6-3-5-15(12-16)21(23,24)25/h1-12H,(H,27,29)/b14-11-. The Morgan fingerprint density at radius 2 is 1.83 bits per heavy atom. The van der Waals surface area contributed by atoms with Crippen LogP contribution < -0.4 is 5.32 Å². The van der Waals surface area contributed by atoms with Gasteiger partial charge in [0.2, 0.25) is 0 Å². The maximum absolute atomic E-state index is 14.1. The fourth-order valence-electron chi connectivity index (χ4n) is 2.65. The molecule has 1 aromatic heterocycles. The van der Waals surface area contributed by atoms with Gasteiger partial charge in [-0.25, -0.2) is 4.39 Å². The lowest BCUT2D eigenvalue weighted by atomic mass is 10.1. The number of nitrogens with one attached hydrogen (secondary N) is 1. The fourth-order valence-corrected chi connectivity index (χ4v) is 2.65. The molecule has 1 N–H and O–H groups in total. The number of aromatic nitrogens is 1. The number of benzene rings is 2. The third kappa shape index (κ3) is 4.52. The molecule has 0 atom stereocenters. The minimum absolute atomic E-state index is 0.101. The van der Waals surface area contributed by atoms with E-state index in [-0.39, 0.29) is 16.9 Å². The van der Waals surface area contributed by atoms with E-state index >= 15 is 0 Å². The van der Waals surface area contributed by atoms with E-state index < -0.39 is 23.5 Å². The summed E-state index contributed by atoms with van der Waals surface area (Å²) in [5.41, 5.74) is -0.800. The number of hydrogen-bond donors (Lipinski definition) is 1. The minimum atomic E-state index is -4.56. The monoisotopic (exact) mass is 399 g/mol. The molecule has 146 valence electrons. The Bertz CT molecular complexity index is 1120. The maximum Gasteiger partial charge on any atom is 0.416 e. The van der Waals surface area contributed by atoms with Crippen molar-refractivity contribution in [2.75, 3.05) is 5.32 Å². The van der Waals surface area contributed by atoms with Crippen LogP contribution in [0.3, 0.4) is 0 Å². The molecule has 2 aromatic carbocycles. The molecule has 0 saturated heterocycles. The van der Waals surface area contributed by atoms with Gasteiger partial charge in [0.15, 0.2) is 0 Å². The van der Waals surface area contributed by atoms with Crippen LogP contribution in [0.2, 0.25) is 0 Å². The van der Waals surface area contributed by atoms with Gasteiger partial charge in [0.25, 0.3) is 5.91 Å². The fraction of sp³-hybridized carbons (Fsp3) is 0.0476. The summed E-state index contributed by atoms with van der Waals surface area (Å²) in [6.45, 7) is 0. The summed E-state index contributed by atoms with van der Waals surface area (Å²) in [5.74, 6) is -1.38. The second kappa shape index (κ2) is 8.02. The number of para-hydroxylation sites is 1. The van der Waals surface area contributed by atoms with E-state index in [4.69, 9.17) is 0 Å². The van der Waals surface area contributed by atoms with Crippen molar-refractivity contribution in [3.05, 3.63) is 89.5 Å². The van der Waals surface area contributed by atoms with Gasteiger partial charge >= 0.3 is 6.18 Å². The molecule has 0 saturated carbocycles. The maximum atomic E-state index is 14.1. The van der Waals surface area contributed by atoms with Gasteiger partial charge in [0, 0.05) is 17.6 Å². The molecule has 29 heavy (non-hydrogen) atoms. The van der Waals surface area contributed by atoms with Crippen LogP contribution in [-0.4, -0.2) is 10.5 Å². The molecule has 0 bridgehead atoms. The molecule has 8 heteroatoms. The Hall–Kier alpha value is -3.86. The van der Waals surface area contributed by atoms with Crippen molar-refractivity contribution in [2.24, 2.45) is 0 Å². The smallest absolute Gasteiger partial charge is 0.321 e. The summed E-state index contributed by atoms with van der Waals surface area (Å²) in [6, 6.07) is 14.9. The number of nitrogens with zero attached hydrogens (tertiary/aromatic N) is 2. The normalized spacial score (nSPS) is 11.8. The van der Waals surface area contributed by atoms with Gasteiger partial charge in [-0.1, -0.05) is 18.2 Å². The number of amides is 1. The molecule has 1 amide bonds. The van der Waals surface area contributed by atoms with Crippen LogP contribution in [-0.2, 0) is 11.0 Å². The first kappa shape index (κ1) is 19.9. The quantitative estimate of drug-likeness (QED) is 0.373. The highest BCUT2D eigenvalue weighted by Gasteiger charge is 2.30. The summed E-state index contributed by atoms with van der Waals surface area (Å²) in [6.07, 6.45) is -1.77. The van der Waals surface area contributed by atoms with Crippen molar-refractivity contribution >= 4 is 17.7 Å². The first-order chi connectivity index (χ1) is 13.8. The molecular formula is C21H13F4N3O. The number of halogens is 4.